The summed E-state index contributed by atoms with van der Waals surface area (Å²) in [6.45, 7) is 0. The third kappa shape index (κ3) is 2.85. The van der Waals surface area contributed by atoms with Gasteiger partial charge in [0, 0.05) is 13.1 Å². The van der Waals surface area contributed by atoms with Gasteiger partial charge in [-0.1, -0.05) is 6.07 Å². The second kappa shape index (κ2) is 5.36. The second-order valence-electron chi connectivity index (χ2n) is 4.15. The minimum absolute atomic E-state index is 0.298. The highest BCUT2D eigenvalue weighted by Gasteiger charge is 2.27. The Morgan fingerprint density at radius 3 is 1.86 bits per heavy atom. The van der Waals surface area contributed by atoms with Crippen molar-refractivity contribution in [2.24, 2.45) is 0 Å². The van der Waals surface area contributed by atoms with Crippen molar-refractivity contribution >= 4 is 15.7 Å². The molecule has 0 aromatic heterocycles. The molecule has 0 fully saturated rings. The van der Waals surface area contributed by atoms with Gasteiger partial charge in [0.2, 0.25) is 0 Å². The van der Waals surface area contributed by atoms with Crippen molar-refractivity contribution in [3.63, 3.8) is 0 Å². The van der Waals surface area contributed by atoms with Gasteiger partial charge in [-0.2, -0.15) is 0 Å². The van der Waals surface area contributed by atoms with Crippen molar-refractivity contribution in [1.82, 2.24) is 0 Å². The van der Waals surface area contributed by atoms with Gasteiger partial charge in [-0.15, -0.1) is 0 Å². The fourth-order valence-corrected chi connectivity index (χ4v) is 3.00. The van der Waals surface area contributed by atoms with Crippen LogP contribution < -0.4 is 4.31 Å². The molecule has 0 N–H and O–H groups in total. The van der Waals surface area contributed by atoms with Crippen molar-refractivity contribution in [2.45, 2.75) is 4.90 Å². The lowest BCUT2D eigenvalue weighted by Crippen LogP contribution is -2.28. The molecule has 0 spiro atoms. The van der Waals surface area contributed by atoms with E-state index in [0.29, 0.717) is 22.5 Å². The van der Waals surface area contributed by atoms with Crippen LogP contribution >= 0.6 is 0 Å². The number of anilines is 1. The van der Waals surface area contributed by atoms with E-state index in [1.165, 1.54) is 0 Å². The molecule has 0 aliphatic rings. The monoisotopic (exact) mass is 319 g/mol. The molecule has 0 unspecified atom stereocenters. The largest absolute Gasteiger partial charge is 0.264 e. The Balaban J connectivity index is 2.58. The van der Waals surface area contributed by atoms with E-state index in [4.69, 9.17) is 0 Å². The molecule has 0 radical (unpaired) electrons. The van der Waals surface area contributed by atoms with Crippen molar-refractivity contribution in [2.75, 3.05) is 11.4 Å². The highest BCUT2D eigenvalue weighted by atomic mass is 32.2. The zero-order chi connectivity index (χ0) is 15.8. The standard InChI is InChI=1S/C13H9F4NO2S/c1-18(13-11(16)3-2-4-12(13)17)21(19,20)10-6-8(14)5-9(15)7-10/h2-7H,1H3. The normalized spacial score (nSPS) is 11.5. The molecule has 0 amide bonds. The molecular weight excluding hydrogens is 310 g/mol. The highest BCUT2D eigenvalue weighted by molar-refractivity contribution is 7.92. The van der Waals surface area contributed by atoms with Crippen LogP contribution in [0.2, 0.25) is 0 Å². The summed E-state index contributed by atoms with van der Waals surface area (Å²) in [5, 5.41) is 0. The molecule has 2 aromatic rings. The minimum atomic E-state index is -4.51. The number of para-hydroxylation sites is 1. The molecule has 0 saturated carbocycles. The van der Waals surface area contributed by atoms with Gasteiger partial charge in [-0.25, -0.2) is 26.0 Å². The number of benzene rings is 2. The number of rotatable bonds is 3. The molecule has 21 heavy (non-hydrogen) atoms. The van der Waals surface area contributed by atoms with Crippen LogP contribution in [0.1, 0.15) is 0 Å². The quantitative estimate of drug-likeness (QED) is 0.816. The first kappa shape index (κ1) is 15.3. The molecule has 0 saturated heterocycles. The molecule has 0 bridgehead atoms. The van der Waals surface area contributed by atoms with Gasteiger partial charge >= 0.3 is 0 Å². The van der Waals surface area contributed by atoms with Crippen LogP contribution in [-0.4, -0.2) is 15.5 Å². The van der Waals surface area contributed by atoms with Crippen molar-refractivity contribution in [3.8, 4) is 0 Å². The molecule has 0 aliphatic carbocycles. The maximum atomic E-state index is 13.6. The van der Waals surface area contributed by atoms with Crippen LogP contribution in [0, 0.1) is 23.3 Å². The zero-order valence-corrected chi connectivity index (χ0v) is 11.5. The zero-order valence-electron chi connectivity index (χ0n) is 10.6. The number of halogens is 4. The van der Waals surface area contributed by atoms with Gasteiger partial charge in [0.1, 0.15) is 17.3 Å². The van der Waals surface area contributed by atoms with Gasteiger partial charge in [-0.3, -0.25) is 4.31 Å². The summed E-state index contributed by atoms with van der Waals surface area (Å²) < 4.78 is 78.1. The van der Waals surface area contributed by atoms with E-state index >= 15 is 0 Å². The van der Waals surface area contributed by atoms with Gasteiger partial charge in [0.15, 0.2) is 11.6 Å². The molecule has 3 nitrogen and oxygen atoms in total. The lowest BCUT2D eigenvalue weighted by Gasteiger charge is -2.20. The number of hydrogen-bond donors (Lipinski definition) is 0. The highest BCUT2D eigenvalue weighted by Crippen LogP contribution is 2.28. The van der Waals surface area contributed by atoms with Gasteiger partial charge in [0.05, 0.1) is 4.90 Å². The average Bonchev–Trinajstić information content (AvgIpc) is 2.37. The van der Waals surface area contributed by atoms with Gasteiger partial charge < -0.3 is 0 Å². The SMILES string of the molecule is CN(c1c(F)cccc1F)S(=O)(=O)c1cc(F)cc(F)c1. The van der Waals surface area contributed by atoms with Crippen molar-refractivity contribution in [1.29, 1.82) is 0 Å². The number of sulfonamides is 1. The van der Waals surface area contributed by atoms with Crippen LogP contribution in [0.25, 0.3) is 0 Å². The van der Waals surface area contributed by atoms with Crippen LogP contribution in [-0.2, 0) is 10.0 Å². The minimum Gasteiger partial charge on any atom is -0.263 e. The number of nitrogens with zero attached hydrogens (tertiary/aromatic N) is 1. The Hall–Kier alpha value is -2.09. The average molecular weight is 319 g/mol. The first-order valence-corrected chi connectivity index (χ1v) is 7.06. The lowest BCUT2D eigenvalue weighted by atomic mass is 10.3. The van der Waals surface area contributed by atoms with Gasteiger partial charge in [-0.05, 0) is 24.3 Å². The Morgan fingerprint density at radius 2 is 1.38 bits per heavy atom. The summed E-state index contributed by atoms with van der Waals surface area (Å²) in [6.07, 6.45) is 0. The van der Waals surface area contributed by atoms with E-state index in [0.717, 1.165) is 25.2 Å². The predicted octanol–water partition coefficient (Wildman–Crippen LogP) is 3.07. The predicted molar refractivity (Wildman–Crippen MR) is 68.3 cm³/mol. The van der Waals surface area contributed by atoms with Crippen LogP contribution in [0.4, 0.5) is 23.2 Å². The van der Waals surface area contributed by atoms with E-state index in [1.807, 2.05) is 0 Å². The smallest absolute Gasteiger partial charge is 0.263 e. The summed E-state index contributed by atoms with van der Waals surface area (Å²) in [6, 6.07) is 4.42. The van der Waals surface area contributed by atoms with E-state index in [1.54, 1.807) is 0 Å². The molecular formula is C13H9F4NO2S. The topological polar surface area (TPSA) is 37.4 Å². The molecule has 0 aliphatic heterocycles. The Bertz CT molecular complexity index is 752. The van der Waals surface area contributed by atoms with Crippen molar-refractivity contribution < 1.29 is 26.0 Å². The van der Waals surface area contributed by atoms with E-state index in [2.05, 4.69) is 0 Å². The van der Waals surface area contributed by atoms with E-state index < -0.39 is 43.9 Å². The first-order valence-electron chi connectivity index (χ1n) is 5.62. The molecule has 112 valence electrons. The molecule has 0 heterocycles. The fraction of sp³-hybridized carbons (Fsp3) is 0.0769. The van der Waals surface area contributed by atoms with Crippen LogP contribution in [0.15, 0.2) is 41.3 Å². The fourth-order valence-electron chi connectivity index (χ4n) is 1.75. The lowest BCUT2D eigenvalue weighted by molar-refractivity contribution is 0.561. The molecule has 2 rings (SSSR count). The third-order valence-electron chi connectivity index (χ3n) is 2.75. The maximum Gasteiger partial charge on any atom is 0.264 e. The van der Waals surface area contributed by atoms with Crippen LogP contribution in [0.3, 0.4) is 0 Å². The summed E-state index contributed by atoms with van der Waals surface area (Å²) in [5.41, 5.74) is -0.831. The van der Waals surface area contributed by atoms with Crippen molar-refractivity contribution in [3.05, 3.63) is 59.7 Å². The van der Waals surface area contributed by atoms with Crippen LogP contribution in [0.5, 0.6) is 0 Å². The first-order chi connectivity index (χ1) is 9.73. The number of hydrogen-bond acceptors (Lipinski definition) is 2. The Kier molecular flexibility index (Phi) is 3.91. The summed E-state index contributed by atoms with van der Waals surface area (Å²) >= 11 is 0. The molecule has 0 atom stereocenters. The Morgan fingerprint density at radius 1 is 0.905 bits per heavy atom. The summed E-state index contributed by atoms with van der Waals surface area (Å²) in [5.74, 6) is -4.46. The summed E-state index contributed by atoms with van der Waals surface area (Å²) in [7, 11) is -3.62. The molecule has 2 aromatic carbocycles. The van der Waals surface area contributed by atoms with Gasteiger partial charge in [0.25, 0.3) is 10.0 Å². The van der Waals surface area contributed by atoms with E-state index in [-0.39, 0.29) is 0 Å². The maximum absolute atomic E-state index is 13.6. The Labute approximate surface area is 118 Å². The van der Waals surface area contributed by atoms with E-state index in [9.17, 15) is 26.0 Å². The molecule has 8 heteroatoms. The third-order valence-corrected chi connectivity index (χ3v) is 4.48. The second-order valence-corrected chi connectivity index (χ2v) is 6.12. The summed E-state index contributed by atoms with van der Waals surface area (Å²) in [4.78, 5) is -0.745.